The average Bonchev–Trinajstić information content (AvgIpc) is 2.62. The van der Waals surface area contributed by atoms with Crippen molar-refractivity contribution in [1.29, 1.82) is 0 Å². The number of phenols is 1. The van der Waals surface area contributed by atoms with Crippen molar-refractivity contribution < 1.29 is 10.0 Å². The Hall–Kier alpha value is -2.33. The number of phenolic OH excluding ortho intramolecular Hbond substituents is 1. The number of anilines is 1. The molecular formula is C19H24N3O+. The molecule has 0 amide bonds. The first-order valence-corrected chi connectivity index (χ1v) is 8.27. The number of aliphatic imine (C=N–C) groups is 1. The van der Waals surface area contributed by atoms with Crippen LogP contribution in [0.5, 0.6) is 5.75 Å². The molecule has 0 radical (unpaired) electrons. The first-order valence-electron chi connectivity index (χ1n) is 8.27. The van der Waals surface area contributed by atoms with Crippen molar-refractivity contribution in [3.05, 3.63) is 54.1 Å². The smallest absolute Gasteiger partial charge is 0.124 e. The number of nitrogens with zero attached hydrogens (tertiary/aromatic N) is 2. The summed E-state index contributed by atoms with van der Waals surface area (Å²) in [6, 6.07) is 15.5. The zero-order valence-corrected chi connectivity index (χ0v) is 13.6. The molecule has 2 N–H and O–H groups in total. The average molecular weight is 310 g/mol. The number of aromatic hydroxyl groups is 1. The van der Waals surface area contributed by atoms with Crippen LogP contribution in [0.15, 0.2) is 53.5 Å². The van der Waals surface area contributed by atoms with Gasteiger partial charge in [-0.15, -0.1) is 0 Å². The predicted molar refractivity (Wildman–Crippen MR) is 95.3 cm³/mol. The predicted octanol–water partition coefficient (Wildman–Crippen LogP) is 1.87. The summed E-state index contributed by atoms with van der Waals surface area (Å²) in [6.45, 7) is 8.12. The molecule has 4 heteroatoms. The number of likely N-dealkylation sites (N-methyl/N-ethyl adjacent to an activating group) is 1. The van der Waals surface area contributed by atoms with Crippen LogP contribution in [0.3, 0.4) is 0 Å². The molecule has 1 aliphatic heterocycles. The minimum absolute atomic E-state index is 0.254. The van der Waals surface area contributed by atoms with Gasteiger partial charge < -0.3 is 14.9 Å². The molecule has 0 saturated carbocycles. The van der Waals surface area contributed by atoms with Crippen LogP contribution in [0.2, 0.25) is 0 Å². The van der Waals surface area contributed by atoms with Crippen LogP contribution in [-0.4, -0.2) is 44.0 Å². The molecule has 3 rings (SSSR count). The van der Waals surface area contributed by atoms with E-state index < -0.39 is 0 Å². The van der Waals surface area contributed by atoms with Gasteiger partial charge in [0.05, 0.1) is 38.4 Å². The van der Waals surface area contributed by atoms with Gasteiger partial charge in [-0.05, 0) is 43.3 Å². The van der Waals surface area contributed by atoms with E-state index in [0.29, 0.717) is 0 Å². The molecule has 1 heterocycles. The zero-order valence-electron chi connectivity index (χ0n) is 13.6. The van der Waals surface area contributed by atoms with Crippen LogP contribution in [0.4, 0.5) is 11.4 Å². The van der Waals surface area contributed by atoms with E-state index in [1.165, 1.54) is 25.3 Å². The minimum atomic E-state index is 0.254. The second kappa shape index (κ2) is 7.29. The molecule has 4 nitrogen and oxygen atoms in total. The molecule has 0 atom stereocenters. The van der Waals surface area contributed by atoms with Gasteiger partial charge in [0.25, 0.3) is 0 Å². The quantitative estimate of drug-likeness (QED) is 0.847. The Bertz CT molecular complexity index is 659. The van der Waals surface area contributed by atoms with E-state index in [1.54, 1.807) is 17.2 Å². The minimum Gasteiger partial charge on any atom is -0.507 e. The molecule has 0 spiro atoms. The molecule has 23 heavy (non-hydrogen) atoms. The standard InChI is InChI=1S/C19H23N3O/c1-2-21-11-13-22(14-12-21)18-9-7-17(8-10-18)20-15-16-5-3-4-6-19(16)23/h3-10,15,23H,2,11-14H2,1H3/p+1. The van der Waals surface area contributed by atoms with Gasteiger partial charge in [-0.3, -0.25) is 4.99 Å². The van der Waals surface area contributed by atoms with Crippen LogP contribution in [0.25, 0.3) is 0 Å². The fourth-order valence-corrected chi connectivity index (χ4v) is 2.92. The highest BCUT2D eigenvalue weighted by Crippen LogP contribution is 2.21. The Morgan fingerprint density at radius 2 is 1.78 bits per heavy atom. The van der Waals surface area contributed by atoms with Crippen molar-refractivity contribution in [2.75, 3.05) is 37.6 Å². The molecule has 1 fully saturated rings. The van der Waals surface area contributed by atoms with Crippen molar-refractivity contribution >= 4 is 17.6 Å². The third-order valence-corrected chi connectivity index (χ3v) is 4.47. The van der Waals surface area contributed by atoms with Gasteiger partial charge in [-0.1, -0.05) is 12.1 Å². The summed E-state index contributed by atoms with van der Waals surface area (Å²) in [7, 11) is 0. The molecule has 0 aliphatic carbocycles. The molecule has 1 aliphatic rings. The third kappa shape index (κ3) is 3.90. The van der Waals surface area contributed by atoms with E-state index in [0.717, 1.165) is 24.3 Å². The van der Waals surface area contributed by atoms with Gasteiger partial charge in [0, 0.05) is 17.5 Å². The lowest BCUT2D eigenvalue weighted by Crippen LogP contribution is -3.14. The summed E-state index contributed by atoms with van der Waals surface area (Å²) in [5.41, 5.74) is 2.90. The van der Waals surface area contributed by atoms with Crippen LogP contribution in [0, 0.1) is 0 Å². The Balaban J connectivity index is 1.65. The number of para-hydroxylation sites is 1. The van der Waals surface area contributed by atoms with Crippen LogP contribution < -0.4 is 9.80 Å². The molecule has 120 valence electrons. The number of hydrogen-bond donors (Lipinski definition) is 2. The van der Waals surface area contributed by atoms with Crippen LogP contribution >= 0.6 is 0 Å². The van der Waals surface area contributed by atoms with Crippen molar-refractivity contribution in [3.63, 3.8) is 0 Å². The lowest BCUT2D eigenvalue weighted by Gasteiger charge is -2.33. The summed E-state index contributed by atoms with van der Waals surface area (Å²) >= 11 is 0. The number of rotatable bonds is 4. The van der Waals surface area contributed by atoms with E-state index in [9.17, 15) is 5.11 Å². The van der Waals surface area contributed by atoms with Gasteiger partial charge >= 0.3 is 0 Å². The number of piperazine rings is 1. The first kappa shape index (κ1) is 15.6. The Labute approximate surface area is 137 Å². The number of hydrogen-bond acceptors (Lipinski definition) is 3. The summed E-state index contributed by atoms with van der Waals surface area (Å²) in [5.74, 6) is 0.254. The van der Waals surface area contributed by atoms with Crippen molar-refractivity contribution in [2.24, 2.45) is 4.99 Å². The number of nitrogens with one attached hydrogen (secondary N) is 1. The molecule has 0 bridgehead atoms. The lowest BCUT2D eigenvalue weighted by molar-refractivity contribution is -0.898. The van der Waals surface area contributed by atoms with Crippen LogP contribution in [-0.2, 0) is 0 Å². The topological polar surface area (TPSA) is 40.3 Å². The summed E-state index contributed by atoms with van der Waals surface area (Å²) in [4.78, 5) is 8.57. The maximum atomic E-state index is 9.74. The second-order valence-corrected chi connectivity index (χ2v) is 5.92. The molecular weight excluding hydrogens is 286 g/mol. The van der Waals surface area contributed by atoms with Crippen molar-refractivity contribution in [2.45, 2.75) is 6.92 Å². The van der Waals surface area contributed by atoms with Gasteiger partial charge in [0.15, 0.2) is 0 Å². The SMILES string of the molecule is CC[NH+]1CCN(c2ccc(N=Cc3ccccc3O)cc2)CC1. The van der Waals surface area contributed by atoms with E-state index in [1.807, 2.05) is 30.3 Å². The Morgan fingerprint density at radius 3 is 2.43 bits per heavy atom. The van der Waals surface area contributed by atoms with Gasteiger partial charge in [0.1, 0.15) is 5.75 Å². The van der Waals surface area contributed by atoms with E-state index in [-0.39, 0.29) is 5.75 Å². The van der Waals surface area contributed by atoms with Gasteiger partial charge in [0.2, 0.25) is 0 Å². The monoisotopic (exact) mass is 310 g/mol. The Morgan fingerprint density at radius 1 is 1.09 bits per heavy atom. The fourth-order valence-electron chi connectivity index (χ4n) is 2.92. The molecule has 2 aromatic carbocycles. The largest absolute Gasteiger partial charge is 0.507 e. The Kier molecular flexibility index (Phi) is 4.93. The highest BCUT2D eigenvalue weighted by atomic mass is 16.3. The zero-order chi connectivity index (χ0) is 16.1. The maximum absolute atomic E-state index is 9.74. The van der Waals surface area contributed by atoms with E-state index >= 15 is 0 Å². The lowest BCUT2D eigenvalue weighted by atomic mass is 10.2. The fraction of sp³-hybridized carbons (Fsp3) is 0.316. The highest BCUT2D eigenvalue weighted by Gasteiger charge is 2.18. The van der Waals surface area contributed by atoms with Crippen LogP contribution in [0.1, 0.15) is 12.5 Å². The van der Waals surface area contributed by atoms with E-state index in [4.69, 9.17) is 0 Å². The molecule has 0 aromatic heterocycles. The van der Waals surface area contributed by atoms with E-state index in [2.05, 4.69) is 28.9 Å². The molecule has 2 aromatic rings. The van der Waals surface area contributed by atoms with Gasteiger partial charge in [-0.2, -0.15) is 0 Å². The normalized spacial score (nSPS) is 16.1. The third-order valence-electron chi connectivity index (χ3n) is 4.47. The second-order valence-electron chi connectivity index (χ2n) is 5.92. The highest BCUT2D eigenvalue weighted by molar-refractivity contribution is 5.85. The van der Waals surface area contributed by atoms with Crippen molar-refractivity contribution in [3.8, 4) is 5.75 Å². The maximum Gasteiger partial charge on any atom is 0.124 e. The molecule has 1 saturated heterocycles. The summed E-state index contributed by atoms with van der Waals surface area (Å²) in [5, 5.41) is 9.74. The summed E-state index contributed by atoms with van der Waals surface area (Å²) < 4.78 is 0. The first-order chi connectivity index (χ1) is 11.3. The number of benzene rings is 2. The van der Waals surface area contributed by atoms with Gasteiger partial charge in [-0.25, -0.2) is 0 Å². The summed E-state index contributed by atoms with van der Waals surface area (Å²) in [6.07, 6.45) is 1.70. The molecule has 0 unspecified atom stereocenters. The number of quaternary nitrogens is 1. The van der Waals surface area contributed by atoms with Crippen molar-refractivity contribution in [1.82, 2.24) is 0 Å².